The summed E-state index contributed by atoms with van der Waals surface area (Å²) in [6.45, 7) is 3.69. The molecule has 0 saturated carbocycles. The molecular formula is C21H23F6IO3. The molecule has 0 bridgehead atoms. The van der Waals surface area contributed by atoms with Gasteiger partial charge in [-0.1, -0.05) is 0 Å². The number of carbonyl (C=O) groups excluding carboxylic acids is 1. The van der Waals surface area contributed by atoms with Crippen molar-refractivity contribution in [2.45, 2.75) is 63.9 Å². The van der Waals surface area contributed by atoms with Crippen molar-refractivity contribution >= 4 is 26.2 Å². The summed E-state index contributed by atoms with van der Waals surface area (Å²) in [6, 6.07) is 4.64. The number of hydrogen-bond donors (Lipinski definition) is 0. The van der Waals surface area contributed by atoms with Gasteiger partial charge in [0.1, 0.15) is 0 Å². The Morgan fingerprint density at radius 3 is 2.29 bits per heavy atom. The van der Waals surface area contributed by atoms with Crippen LogP contribution in [-0.2, 0) is 18.2 Å². The van der Waals surface area contributed by atoms with E-state index < -0.39 is 55.6 Å². The molecule has 0 spiro atoms. The first-order valence-corrected chi connectivity index (χ1v) is 13.1. The van der Waals surface area contributed by atoms with Crippen LogP contribution in [0.25, 0.3) is 0 Å². The number of fused-ring (bicyclic) bond motifs is 1. The Hall–Kier alpha value is -1.30. The van der Waals surface area contributed by atoms with E-state index in [1.807, 2.05) is 6.92 Å². The van der Waals surface area contributed by atoms with Gasteiger partial charge in [-0.15, -0.1) is 0 Å². The van der Waals surface area contributed by atoms with Crippen molar-refractivity contribution in [3.63, 3.8) is 0 Å². The van der Waals surface area contributed by atoms with E-state index in [1.54, 1.807) is 6.92 Å². The van der Waals surface area contributed by atoms with Crippen LogP contribution in [-0.4, -0.2) is 24.9 Å². The number of unbranched alkanes of at least 4 members (excludes halogenated alkanes) is 3. The van der Waals surface area contributed by atoms with Crippen molar-refractivity contribution in [3.05, 3.63) is 42.6 Å². The molecule has 31 heavy (non-hydrogen) atoms. The van der Waals surface area contributed by atoms with E-state index in [4.69, 9.17) is 7.80 Å². The van der Waals surface area contributed by atoms with Gasteiger partial charge >= 0.3 is 184 Å². The quantitative estimate of drug-likeness (QED) is 0.147. The average molecular weight is 564 g/mol. The fourth-order valence-electron chi connectivity index (χ4n) is 3.72. The van der Waals surface area contributed by atoms with Crippen molar-refractivity contribution in [2.75, 3.05) is 6.61 Å². The molecule has 10 heteroatoms. The van der Waals surface area contributed by atoms with Crippen LogP contribution in [0.3, 0.4) is 0 Å². The maximum atomic E-state index is 13.9. The summed E-state index contributed by atoms with van der Waals surface area (Å²) in [5.74, 6) is -1.49. The van der Waals surface area contributed by atoms with Gasteiger partial charge in [0, 0.05) is 0 Å². The van der Waals surface area contributed by atoms with Gasteiger partial charge < -0.3 is 0 Å². The van der Waals surface area contributed by atoms with E-state index in [0.29, 0.717) is 22.0 Å². The summed E-state index contributed by atoms with van der Waals surface area (Å²) in [5.41, 5.74) is -4.69. The van der Waals surface area contributed by atoms with E-state index in [0.717, 1.165) is 31.4 Å². The maximum absolute atomic E-state index is 13.9. The molecule has 0 fully saturated rings. The second kappa shape index (κ2) is 8.92. The Labute approximate surface area is 184 Å². The number of alkyl halides is 6. The fraction of sp³-hybridized carbons (Fsp3) is 0.571. The zero-order valence-corrected chi connectivity index (χ0v) is 19.2. The first-order valence-electron chi connectivity index (χ1n) is 10.0. The third-order valence-electron chi connectivity index (χ3n) is 5.26. The van der Waals surface area contributed by atoms with Gasteiger partial charge in [-0.05, 0) is 0 Å². The molecule has 0 radical (unpaired) electrons. The standard InChI is InChI=1S/C21H23F6IO3/c1-3-5-6-7-10-13-16(18(29)30-4-2)17(13)28-15-12-9-8-11-14(15)19(31-28,20(22,23)24)21(25,26)27/h8-9,11-12,16H,3-7,10H2,1-2H3. The first kappa shape index (κ1) is 24.3. The predicted octanol–water partition coefficient (Wildman–Crippen LogP) is 7.05. The van der Waals surface area contributed by atoms with Crippen molar-refractivity contribution in [1.82, 2.24) is 0 Å². The van der Waals surface area contributed by atoms with E-state index in [1.165, 1.54) is 12.1 Å². The Kier molecular flexibility index (Phi) is 7.00. The Bertz CT molecular complexity index is 847. The molecular weight excluding hydrogens is 541 g/mol. The van der Waals surface area contributed by atoms with Crippen LogP contribution in [0.4, 0.5) is 26.3 Å². The van der Waals surface area contributed by atoms with Gasteiger partial charge in [-0.25, -0.2) is 0 Å². The minimum atomic E-state index is -5.69. The fourth-order valence-corrected chi connectivity index (χ4v) is 10.1. The third kappa shape index (κ3) is 4.21. The van der Waals surface area contributed by atoms with Crippen molar-refractivity contribution in [3.8, 4) is 0 Å². The molecule has 1 atom stereocenters. The molecule has 174 valence electrons. The second-order valence-corrected chi connectivity index (χ2v) is 11.5. The van der Waals surface area contributed by atoms with Gasteiger partial charge in [0.2, 0.25) is 0 Å². The van der Waals surface area contributed by atoms with Gasteiger partial charge in [-0.2, -0.15) is 0 Å². The summed E-state index contributed by atoms with van der Waals surface area (Å²) < 4.78 is 93.6. The molecule has 2 aliphatic rings. The number of hydrogen-bond acceptors (Lipinski definition) is 3. The molecule has 0 amide bonds. The van der Waals surface area contributed by atoms with Gasteiger partial charge in [0.15, 0.2) is 0 Å². The van der Waals surface area contributed by atoms with E-state index in [2.05, 4.69) is 0 Å². The average Bonchev–Trinajstić information content (AvgIpc) is 3.26. The molecule has 0 aromatic heterocycles. The number of esters is 1. The van der Waals surface area contributed by atoms with Crippen LogP contribution >= 0.6 is 20.2 Å². The zero-order chi connectivity index (χ0) is 23.0. The van der Waals surface area contributed by atoms with Crippen molar-refractivity contribution in [1.29, 1.82) is 0 Å². The normalized spacial score (nSPS) is 21.3. The van der Waals surface area contributed by atoms with E-state index in [-0.39, 0.29) is 10.2 Å². The van der Waals surface area contributed by atoms with Crippen molar-refractivity contribution in [2.24, 2.45) is 5.92 Å². The summed E-state index contributed by atoms with van der Waals surface area (Å²) in [7, 11) is 0. The topological polar surface area (TPSA) is 35.5 Å². The van der Waals surface area contributed by atoms with Crippen LogP contribution in [0, 0.1) is 9.49 Å². The summed E-state index contributed by atoms with van der Waals surface area (Å²) in [6.07, 6.45) is -7.43. The molecule has 1 heterocycles. The molecule has 1 aliphatic carbocycles. The zero-order valence-electron chi connectivity index (χ0n) is 17.0. The first-order chi connectivity index (χ1) is 14.5. The van der Waals surface area contributed by atoms with Crippen molar-refractivity contribution < 1.29 is 38.9 Å². The Balaban J connectivity index is 2.03. The number of ether oxygens (including phenoxy) is 1. The van der Waals surface area contributed by atoms with Crippen LogP contribution in [0.1, 0.15) is 51.5 Å². The van der Waals surface area contributed by atoms with Gasteiger partial charge in [0.25, 0.3) is 0 Å². The molecule has 0 saturated heterocycles. The van der Waals surface area contributed by atoms with E-state index >= 15 is 0 Å². The summed E-state index contributed by atoms with van der Waals surface area (Å²) in [4.78, 5) is 12.4. The monoisotopic (exact) mass is 564 g/mol. The number of rotatable bonds is 8. The third-order valence-corrected chi connectivity index (χ3v) is 10.7. The number of carbonyl (C=O) groups is 1. The van der Waals surface area contributed by atoms with E-state index in [9.17, 15) is 31.1 Å². The molecule has 3 rings (SSSR count). The van der Waals surface area contributed by atoms with Crippen LogP contribution < -0.4 is 0 Å². The van der Waals surface area contributed by atoms with Gasteiger partial charge in [-0.3, -0.25) is 0 Å². The Morgan fingerprint density at radius 2 is 1.71 bits per heavy atom. The molecule has 1 aromatic rings. The molecule has 1 aliphatic heterocycles. The number of halogens is 7. The van der Waals surface area contributed by atoms with Crippen LogP contribution in [0.5, 0.6) is 0 Å². The minimum absolute atomic E-state index is 0.0609. The van der Waals surface area contributed by atoms with Crippen LogP contribution in [0.2, 0.25) is 0 Å². The molecule has 0 N–H and O–H groups in total. The van der Waals surface area contributed by atoms with Gasteiger partial charge in [0.05, 0.1) is 0 Å². The molecule has 3 nitrogen and oxygen atoms in total. The summed E-state index contributed by atoms with van der Waals surface area (Å²) in [5, 5.41) is 0. The predicted molar refractivity (Wildman–Crippen MR) is 110 cm³/mol. The SMILES string of the molecule is CCCCCCC1=C(I2OC(C(F)(F)F)(C(F)(F)F)c3ccccc32)C1C(=O)OCC. The number of benzene rings is 1. The van der Waals surface area contributed by atoms with Crippen LogP contribution in [0.15, 0.2) is 33.4 Å². The Morgan fingerprint density at radius 1 is 1.06 bits per heavy atom. The summed E-state index contributed by atoms with van der Waals surface area (Å²) >= 11 is -3.61. The molecule has 1 aromatic carbocycles. The second-order valence-electron chi connectivity index (χ2n) is 7.35. The molecule has 1 unspecified atom stereocenters.